The predicted octanol–water partition coefficient (Wildman–Crippen LogP) is 4.71. The largest absolute Gasteiger partial charge is 0.378 e. The minimum absolute atomic E-state index is 0.371. The molecule has 0 saturated carbocycles. The predicted molar refractivity (Wildman–Crippen MR) is 92.7 cm³/mol. The molecule has 0 aliphatic carbocycles. The molecule has 0 aromatic heterocycles. The maximum atomic E-state index is 3.73. The van der Waals surface area contributed by atoms with Crippen LogP contribution in [-0.2, 0) is 6.54 Å². The van der Waals surface area contributed by atoms with Gasteiger partial charge in [-0.3, -0.25) is 0 Å². The lowest BCUT2D eigenvalue weighted by Crippen LogP contribution is -2.15. The van der Waals surface area contributed by atoms with Crippen molar-refractivity contribution in [2.24, 2.45) is 0 Å². The molecule has 1 aliphatic heterocycles. The van der Waals surface area contributed by atoms with Crippen molar-refractivity contribution in [1.29, 1.82) is 0 Å². The van der Waals surface area contributed by atoms with Crippen LogP contribution in [0.5, 0.6) is 0 Å². The van der Waals surface area contributed by atoms with Gasteiger partial charge in [-0.1, -0.05) is 40.2 Å². The molecule has 0 spiro atoms. The number of anilines is 1. The van der Waals surface area contributed by atoms with Crippen LogP contribution in [0.2, 0.25) is 0 Å². The average molecular weight is 345 g/mol. The molecule has 3 heteroatoms. The van der Waals surface area contributed by atoms with Crippen molar-refractivity contribution in [2.45, 2.75) is 32.9 Å². The summed E-state index contributed by atoms with van der Waals surface area (Å²) in [5.74, 6) is 0. The van der Waals surface area contributed by atoms with E-state index in [0.29, 0.717) is 6.04 Å². The van der Waals surface area contributed by atoms with Gasteiger partial charge in [0.25, 0.3) is 0 Å². The van der Waals surface area contributed by atoms with E-state index in [4.69, 9.17) is 0 Å². The van der Waals surface area contributed by atoms with Gasteiger partial charge >= 0.3 is 0 Å². The summed E-state index contributed by atoms with van der Waals surface area (Å²) in [5, 5.41) is 7.23. The van der Waals surface area contributed by atoms with Gasteiger partial charge in [0.2, 0.25) is 0 Å². The molecule has 0 radical (unpaired) electrons. The fourth-order valence-corrected chi connectivity index (χ4v) is 3.27. The Morgan fingerprint density at radius 3 is 2.62 bits per heavy atom. The van der Waals surface area contributed by atoms with Gasteiger partial charge in [-0.15, -0.1) is 0 Å². The number of aryl methyl sites for hydroxylation is 2. The van der Waals surface area contributed by atoms with Crippen LogP contribution >= 0.6 is 15.9 Å². The van der Waals surface area contributed by atoms with E-state index in [2.05, 4.69) is 76.8 Å². The number of nitrogens with one attached hydrogen (secondary N) is 2. The third kappa shape index (κ3) is 3.14. The highest BCUT2D eigenvalue weighted by Crippen LogP contribution is 2.30. The molecule has 0 fully saturated rings. The molecule has 2 N–H and O–H groups in total. The van der Waals surface area contributed by atoms with Crippen molar-refractivity contribution in [2.75, 3.05) is 11.9 Å². The smallest absolute Gasteiger partial charge is 0.0529 e. The zero-order valence-corrected chi connectivity index (χ0v) is 14.1. The summed E-state index contributed by atoms with van der Waals surface area (Å²) in [5.41, 5.74) is 6.57. The molecule has 110 valence electrons. The van der Waals surface area contributed by atoms with E-state index >= 15 is 0 Å². The first-order valence-corrected chi connectivity index (χ1v) is 8.26. The third-order valence-corrected chi connectivity index (χ3v) is 5.38. The Kier molecular flexibility index (Phi) is 4.32. The molecule has 0 saturated heterocycles. The third-order valence-electron chi connectivity index (χ3n) is 4.13. The minimum Gasteiger partial charge on any atom is -0.378 e. The van der Waals surface area contributed by atoms with Crippen molar-refractivity contribution < 1.29 is 0 Å². The van der Waals surface area contributed by atoms with Crippen LogP contribution in [0.25, 0.3) is 0 Å². The summed E-state index contributed by atoms with van der Waals surface area (Å²) in [4.78, 5) is 0. The van der Waals surface area contributed by atoms with E-state index in [-0.39, 0.29) is 0 Å². The lowest BCUT2D eigenvalue weighted by molar-refractivity contribution is 0.637. The van der Waals surface area contributed by atoms with Gasteiger partial charge in [0, 0.05) is 16.7 Å². The summed E-state index contributed by atoms with van der Waals surface area (Å²) in [6.45, 7) is 6.29. The molecular formula is C18H21BrN2. The van der Waals surface area contributed by atoms with Gasteiger partial charge in [0.15, 0.2) is 0 Å². The van der Waals surface area contributed by atoms with E-state index in [1.54, 1.807) is 0 Å². The highest BCUT2D eigenvalue weighted by Gasteiger charge is 2.18. The Hall–Kier alpha value is -1.32. The average Bonchev–Trinajstić information content (AvgIpc) is 2.67. The minimum atomic E-state index is 0.371. The molecule has 1 heterocycles. The van der Waals surface area contributed by atoms with Gasteiger partial charge in [0.05, 0.1) is 6.04 Å². The van der Waals surface area contributed by atoms with E-state index in [1.807, 2.05) is 0 Å². The quantitative estimate of drug-likeness (QED) is 0.824. The molecule has 2 aromatic carbocycles. The lowest BCUT2D eigenvalue weighted by Gasteiger charge is -2.21. The van der Waals surface area contributed by atoms with Crippen LogP contribution < -0.4 is 10.6 Å². The zero-order chi connectivity index (χ0) is 14.8. The SMILES string of the molecule is Cc1cc(NC2CCNCc3ccccc32)cc(C)c1Br. The first kappa shape index (κ1) is 14.6. The molecule has 21 heavy (non-hydrogen) atoms. The Morgan fingerprint density at radius 2 is 1.86 bits per heavy atom. The molecule has 2 aromatic rings. The topological polar surface area (TPSA) is 24.1 Å². The standard InChI is InChI=1S/C18H21BrN2/c1-12-9-15(10-13(2)18(12)19)21-17-7-8-20-11-14-5-3-4-6-16(14)17/h3-6,9-10,17,20-21H,7-8,11H2,1-2H3. The van der Waals surface area contributed by atoms with Crippen molar-refractivity contribution in [3.05, 3.63) is 63.1 Å². The number of rotatable bonds is 2. The monoisotopic (exact) mass is 344 g/mol. The molecular weight excluding hydrogens is 324 g/mol. The maximum Gasteiger partial charge on any atom is 0.0529 e. The van der Waals surface area contributed by atoms with Crippen molar-refractivity contribution in [1.82, 2.24) is 5.32 Å². The first-order chi connectivity index (χ1) is 10.1. The maximum absolute atomic E-state index is 3.73. The van der Waals surface area contributed by atoms with Gasteiger partial charge in [-0.2, -0.15) is 0 Å². The van der Waals surface area contributed by atoms with Crippen molar-refractivity contribution >= 4 is 21.6 Å². The van der Waals surface area contributed by atoms with Gasteiger partial charge in [-0.05, 0) is 61.2 Å². The second kappa shape index (κ2) is 6.20. The van der Waals surface area contributed by atoms with Gasteiger partial charge in [-0.25, -0.2) is 0 Å². The second-order valence-corrected chi connectivity index (χ2v) is 6.58. The Morgan fingerprint density at radius 1 is 1.14 bits per heavy atom. The normalized spacial score (nSPS) is 18.0. The summed E-state index contributed by atoms with van der Waals surface area (Å²) >= 11 is 3.64. The fraction of sp³-hybridized carbons (Fsp3) is 0.333. The van der Waals surface area contributed by atoms with E-state index in [9.17, 15) is 0 Å². The van der Waals surface area contributed by atoms with E-state index in [0.717, 1.165) is 19.5 Å². The highest BCUT2D eigenvalue weighted by atomic mass is 79.9. The van der Waals surface area contributed by atoms with E-state index in [1.165, 1.54) is 32.4 Å². The summed E-state index contributed by atoms with van der Waals surface area (Å²) in [7, 11) is 0. The van der Waals surface area contributed by atoms with Crippen LogP contribution in [0, 0.1) is 13.8 Å². The zero-order valence-electron chi connectivity index (χ0n) is 12.5. The lowest BCUT2D eigenvalue weighted by atomic mass is 9.99. The van der Waals surface area contributed by atoms with Gasteiger partial charge < -0.3 is 10.6 Å². The van der Waals surface area contributed by atoms with Gasteiger partial charge in [0.1, 0.15) is 0 Å². The summed E-state index contributed by atoms with van der Waals surface area (Å²) < 4.78 is 1.20. The second-order valence-electron chi connectivity index (χ2n) is 5.79. The Labute approximate surface area is 135 Å². The highest BCUT2D eigenvalue weighted by molar-refractivity contribution is 9.10. The number of halogens is 1. The number of fused-ring (bicyclic) bond motifs is 1. The molecule has 1 atom stereocenters. The summed E-state index contributed by atoms with van der Waals surface area (Å²) in [6.07, 6.45) is 1.10. The number of hydrogen-bond donors (Lipinski definition) is 2. The molecule has 2 nitrogen and oxygen atoms in total. The number of hydrogen-bond acceptors (Lipinski definition) is 2. The van der Waals surface area contributed by atoms with E-state index < -0.39 is 0 Å². The van der Waals surface area contributed by atoms with Crippen molar-refractivity contribution in [3.8, 4) is 0 Å². The fourth-order valence-electron chi connectivity index (χ4n) is 3.04. The molecule has 3 rings (SSSR count). The first-order valence-electron chi connectivity index (χ1n) is 7.47. The number of benzene rings is 2. The van der Waals surface area contributed by atoms with Crippen LogP contribution in [0.4, 0.5) is 5.69 Å². The Bertz CT molecular complexity index is 628. The molecule has 0 amide bonds. The molecule has 0 bridgehead atoms. The van der Waals surface area contributed by atoms with Crippen LogP contribution in [-0.4, -0.2) is 6.54 Å². The Balaban J connectivity index is 1.91. The summed E-state index contributed by atoms with van der Waals surface area (Å²) in [6, 6.07) is 13.5. The molecule has 1 aliphatic rings. The van der Waals surface area contributed by atoms with Crippen LogP contribution in [0.1, 0.15) is 34.7 Å². The van der Waals surface area contributed by atoms with Crippen LogP contribution in [0.3, 0.4) is 0 Å². The molecule has 1 unspecified atom stereocenters. The van der Waals surface area contributed by atoms with Crippen LogP contribution in [0.15, 0.2) is 40.9 Å². The van der Waals surface area contributed by atoms with Crippen molar-refractivity contribution in [3.63, 3.8) is 0 Å².